The molecule has 6 heteroatoms. The van der Waals surface area contributed by atoms with Gasteiger partial charge in [0.2, 0.25) is 5.91 Å². The van der Waals surface area contributed by atoms with E-state index in [0.29, 0.717) is 12.2 Å². The number of para-hydroxylation sites is 1. The van der Waals surface area contributed by atoms with Crippen molar-refractivity contribution >= 4 is 23.4 Å². The number of nitrogens with one attached hydrogen (secondary N) is 1. The molecule has 0 spiro atoms. The largest absolute Gasteiger partial charge is 0.490 e. The zero-order valence-electron chi connectivity index (χ0n) is 24.0. The lowest BCUT2D eigenvalue weighted by Gasteiger charge is -2.15. The van der Waals surface area contributed by atoms with Crippen LogP contribution in [0, 0.1) is 5.82 Å². The summed E-state index contributed by atoms with van der Waals surface area (Å²) in [6.07, 6.45) is 17.5. The number of anilines is 1. The smallest absolute Gasteiger partial charge is 0.228 e. The molecule has 0 saturated carbocycles. The molecule has 0 unspecified atom stereocenters. The molecular weight excluding hydrogens is 507 g/mol. The third-order valence-corrected chi connectivity index (χ3v) is 8.08. The van der Waals surface area contributed by atoms with Gasteiger partial charge in [0.05, 0.1) is 18.9 Å². The molecule has 1 heterocycles. The molecule has 0 saturated heterocycles. The summed E-state index contributed by atoms with van der Waals surface area (Å²) in [5.74, 6) is 0.566. The molecule has 1 amide bonds. The van der Waals surface area contributed by atoms with E-state index in [1.54, 1.807) is 12.1 Å². The first-order valence-corrected chi connectivity index (χ1v) is 15.9. The number of rotatable bonds is 19. The van der Waals surface area contributed by atoms with E-state index in [0.717, 1.165) is 36.5 Å². The number of halogens is 1. The van der Waals surface area contributed by atoms with E-state index in [4.69, 9.17) is 4.74 Å². The van der Waals surface area contributed by atoms with Gasteiger partial charge in [-0.05, 0) is 42.0 Å². The maximum Gasteiger partial charge on any atom is 0.228 e. The van der Waals surface area contributed by atoms with Crippen molar-refractivity contribution in [3.8, 4) is 5.75 Å². The van der Waals surface area contributed by atoms with Crippen molar-refractivity contribution in [1.82, 2.24) is 4.90 Å². The number of unbranched alkanes of at least 4 members (excludes halogenated alkanes) is 11. The molecule has 0 bridgehead atoms. The Labute approximate surface area is 239 Å². The molecule has 2 aromatic carbocycles. The summed E-state index contributed by atoms with van der Waals surface area (Å²) in [7, 11) is 0. The summed E-state index contributed by atoms with van der Waals surface area (Å²) in [5.41, 5.74) is 2.47. The van der Waals surface area contributed by atoms with E-state index in [9.17, 15) is 9.18 Å². The number of ether oxygens (including phenoxy) is 1. The van der Waals surface area contributed by atoms with Gasteiger partial charge in [0.15, 0.2) is 11.6 Å². The number of hydrogen-bond acceptors (Lipinski definition) is 4. The van der Waals surface area contributed by atoms with Gasteiger partial charge in [0, 0.05) is 24.0 Å². The normalized spacial score (nSPS) is 13.0. The topological polar surface area (TPSA) is 41.6 Å². The van der Waals surface area contributed by atoms with E-state index in [1.807, 2.05) is 30.0 Å². The molecule has 1 N–H and O–H groups in total. The highest BCUT2D eigenvalue weighted by atomic mass is 32.2. The fourth-order valence-electron chi connectivity index (χ4n) is 4.94. The van der Waals surface area contributed by atoms with Crippen molar-refractivity contribution in [2.45, 2.75) is 104 Å². The minimum absolute atomic E-state index is 0.0699. The van der Waals surface area contributed by atoms with Gasteiger partial charge in [0.1, 0.15) is 0 Å². The van der Waals surface area contributed by atoms with E-state index in [1.165, 1.54) is 75.2 Å². The maximum atomic E-state index is 14.6. The maximum absolute atomic E-state index is 14.6. The summed E-state index contributed by atoms with van der Waals surface area (Å²) in [6.45, 7) is 5.64. The van der Waals surface area contributed by atoms with Crippen LogP contribution in [0.2, 0.25) is 0 Å². The molecule has 214 valence electrons. The summed E-state index contributed by atoms with van der Waals surface area (Å²) in [5, 5.41) is 2.97. The molecule has 39 heavy (non-hydrogen) atoms. The van der Waals surface area contributed by atoms with Gasteiger partial charge in [-0.1, -0.05) is 102 Å². The van der Waals surface area contributed by atoms with Crippen LogP contribution in [0.15, 0.2) is 53.6 Å². The van der Waals surface area contributed by atoms with Crippen LogP contribution in [-0.4, -0.2) is 23.3 Å². The standard InChI is InChI=1S/C33H47FN2O2S/c1-3-4-5-6-7-8-9-10-11-12-13-14-21-38-33-29(18-16-20-31(33)34)23-32(37)35-30-19-15-17-28(22-30)25-36-24-27(2)39-26-36/h15-20,22,24H,3-14,21,23,25-26H2,1-2H3,(H,35,37). The third-order valence-electron chi connectivity index (χ3n) is 7.06. The zero-order chi connectivity index (χ0) is 27.7. The first kappa shape index (κ1) is 31.1. The average Bonchev–Trinajstić information content (AvgIpc) is 3.32. The van der Waals surface area contributed by atoms with Crippen LogP contribution < -0.4 is 10.1 Å². The van der Waals surface area contributed by atoms with Gasteiger partial charge in [-0.25, -0.2) is 4.39 Å². The third kappa shape index (κ3) is 12.1. The van der Waals surface area contributed by atoms with Crippen LogP contribution in [0.25, 0.3) is 0 Å². The Bertz CT molecular complexity index is 1040. The van der Waals surface area contributed by atoms with Crippen LogP contribution in [0.1, 0.15) is 102 Å². The molecule has 0 radical (unpaired) electrons. The lowest BCUT2D eigenvalue weighted by molar-refractivity contribution is -0.115. The van der Waals surface area contributed by atoms with Gasteiger partial charge in [-0.3, -0.25) is 4.79 Å². The lowest BCUT2D eigenvalue weighted by atomic mass is 10.1. The number of amides is 1. The average molecular weight is 555 g/mol. The summed E-state index contributed by atoms with van der Waals surface area (Å²) in [4.78, 5) is 16.4. The Morgan fingerprint density at radius 1 is 0.949 bits per heavy atom. The van der Waals surface area contributed by atoms with Gasteiger partial charge >= 0.3 is 0 Å². The van der Waals surface area contributed by atoms with Gasteiger partial charge in [-0.2, -0.15) is 0 Å². The second-order valence-electron chi connectivity index (χ2n) is 10.7. The van der Waals surface area contributed by atoms with Crippen LogP contribution >= 0.6 is 11.8 Å². The van der Waals surface area contributed by atoms with Gasteiger partial charge < -0.3 is 15.0 Å². The summed E-state index contributed by atoms with van der Waals surface area (Å²) in [6, 6.07) is 12.7. The minimum atomic E-state index is -0.409. The molecule has 0 fully saturated rings. The van der Waals surface area contributed by atoms with Crippen molar-refractivity contribution in [1.29, 1.82) is 0 Å². The highest BCUT2D eigenvalue weighted by Crippen LogP contribution is 2.27. The van der Waals surface area contributed by atoms with Crippen molar-refractivity contribution in [2.24, 2.45) is 0 Å². The van der Waals surface area contributed by atoms with Crippen LogP contribution in [0.4, 0.5) is 10.1 Å². The number of benzene rings is 2. The SMILES string of the molecule is CCCCCCCCCCCCCCOc1c(F)cccc1CC(=O)Nc1cccc(CN2C=C(C)SC2)c1. The van der Waals surface area contributed by atoms with Crippen LogP contribution in [-0.2, 0) is 17.8 Å². The molecular formula is C33H47FN2O2S. The molecule has 0 atom stereocenters. The summed E-state index contributed by atoms with van der Waals surface area (Å²) < 4.78 is 20.4. The van der Waals surface area contributed by atoms with Crippen molar-refractivity contribution < 1.29 is 13.9 Å². The number of hydrogen-bond donors (Lipinski definition) is 1. The van der Waals surface area contributed by atoms with Crippen LogP contribution in [0.3, 0.4) is 0 Å². The zero-order valence-corrected chi connectivity index (χ0v) is 24.8. The Morgan fingerprint density at radius 3 is 2.28 bits per heavy atom. The molecule has 3 rings (SSSR count). The Balaban J connectivity index is 1.36. The van der Waals surface area contributed by atoms with Gasteiger partial charge in [0.25, 0.3) is 0 Å². The lowest BCUT2D eigenvalue weighted by Crippen LogP contribution is -2.16. The van der Waals surface area contributed by atoms with E-state index < -0.39 is 5.82 Å². The molecule has 4 nitrogen and oxygen atoms in total. The highest BCUT2D eigenvalue weighted by Gasteiger charge is 2.15. The van der Waals surface area contributed by atoms with Crippen molar-refractivity contribution in [3.05, 3.63) is 70.5 Å². The van der Waals surface area contributed by atoms with Gasteiger partial charge in [-0.15, -0.1) is 11.8 Å². The Kier molecular flexibility index (Phi) is 14.3. The summed E-state index contributed by atoms with van der Waals surface area (Å²) >= 11 is 1.83. The fraction of sp³-hybridized carbons (Fsp3) is 0.545. The molecule has 2 aromatic rings. The predicted octanol–water partition coefficient (Wildman–Crippen LogP) is 9.45. The Morgan fingerprint density at radius 2 is 1.62 bits per heavy atom. The predicted molar refractivity (Wildman–Crippen MR) is 164 cm³/mol. The minimum Gasteiger partial charge on any atom is -0.490 e. The fourth-order valence-corrected chi connectivity index (χ4v) is 5.70. The van der Waals surface area contributed by atoms with E-state index >= 15 is 0 Å². The second-order valence-corrected chi connectivity index (χ2v) is 11.8. The van der Waals surface area contributed by atoms with E-state index in [2.05, 4.69) is 36.3 Å². The number of allylic oxidation sites excluding steroid dienone is 1. The molecule has 0 aromatic heterocycles. The monoisotopic (exact) mass is 554 g/mol. The quantitative estimate of drug-likeness (QED) is 0.176. The van der Waals surface area contributed by atoms with Crippen molar-refractivity contribution in [3.63, 3.8) is 0 Å². The first-order valence-electron chi connectivity index (χ1n) is 14.9. The Hall–Kier alpha value is -2.47. The second kappa shape index (κ2) is 18.0. The first-order chi connectivity index (χ1) is 19.0. The number of thioether (sulfide) groups is 1. The highest BCUT2D eigenvalue weighted by molar-refractivity contribution is 8.03. The molecule has 0 aliphatic carbocycles. The van der Waals surface area contributed by atoms with E-state index in [-0.39, 0.29) is 18.1 Å². The number of carbonyl (C=O) groups is 1. The molecule has 1 aliphatic rings. The molecule has 1 aliphatic heterocycles. The van der Waals surface area contributed by atoms with Crippen molar-refractivity contribution in [2.75, 3.05) is 17.8 Å². The number of carbonyl (C=O) groups excluding carboxylic acids is 1. The van der Waals surface area contributed by atoms with Crippen LogP contribution in [0.5, 0.6) is 5.75 Å². The number of nitrogens with zero attached hydrogens (tertiary/aromatic N) is 1.